The zero-order chi connectivity index (χ0) is 10.6. The van der Waals surface area contributed by atoms with Gasteiger partial charge in [0.15, 0.2) is 5.78 Å². The molecule has 0 aromatic carbocycles. The molecule has 0 unspecified atom stereocenters. The van der Waals surface area contributed by atoms with Crippen LogP contribution >= 0.6 is 0 Å². The van der Waals surface area contributed by atoms with Crippen LogP contribution in [0.4, 0.5) is 0 Å². The highest BCUT2D eigenvalue weighted by molar-refractivity contribution is 6.01. The van der Waals surface area contributed by atoms with Gasteiger partial charge in [0, 0.05) is 11.0 Å². The predicted octanol–water partition coefficient (Wildman–Crippen LogP) is 1.72. The molecule has 0 N–H and O–H groups in total. The first-order valence-corrected chi connectivity index (χ1v) is 4.10. The van der Waals surface area contributed by atoms with E-state index in [1.165, 1.54) is 13.2 Å². The molecule has 74 valence electrons. The van der Waals surface area contributed by atoms with Crippen LogP contribution in [0.2, 0.25) is 0 Å². The van der Waals surface area contributed by atoms with Crippen molar-refractivity contribution in [2.24, 2.45) is 5.41 Å². The molecule has 0 spiro atoms. The van der Waals surface area contributed by atoms with Crippen LogP contribution in [0, 0.1) is 5.41 Å². The van der Waals surface area contributed by atoms with Crippen molar-refractivity contribution in [2.75, 3.05) is 7.11 Å². The van der Waals surface area contributed by atoms with E-state index in [4.69, 9.17) is 0 Å². The largest absolute Gasteiger partial charge is 0.466 e. The molecule has 0 radical (unpaired) electrons. The predicted molar refractivity (Wildman–Crippen MR) is 50.2 cm³/mol. The highest BCUT2D eigenvalue weighted by Gasteiger charge is 2.20. The molecule has 0 aromatic rings. The number of allylic oxidation sites excluding steroid dienone is 1. The number of carbonyl (C=O) groups is 2. The van der Waals surface area contributed by atoms with Crippen molar-refractivity contribution in [3.05, 3.63) is 11.6 Å². The standard InChI is InChI=1S/C10H16O3/c1-7(9(12)13-5)6-8(11)10(2,3)4/h6H,1-5H3/b7-6+. The summed E-state index contributed by atoms with van der Waals surface area (Å²) in [6.45, 7) is 6.97. The monoisotopic (exact) mass is 184 g/mol. The molecule has 0 aliphatic rings. The minimum atomic E-state index is -0.461. The molecule has 0 saturated carbocycles. The zero-order valence-corrected chi connectivity index (χ0v) is 8.80. The first-order chi connectivity index (χ1) is 5.79. The quantitative estimate of drug-likeness (QED) is 0.485. The van der Waals surface area contributed by atoms with Crippen molar-refractivity contribution < 1.29 is 14.3 Å². The van der Waals surface area contributed by atoms with E-state index in [2.05, 4.69) is 4.74 Å². The summed E-state index contributed by atoms with van der Waals surface area (Å²) in [5.74, 6) is -0.534. The summed E-state index contributed by atoms with van der Waals surface area (Å²) in [7, 11) is 1.29. The average Bonchev–Trinajstić information content (AvgIpc) is 2.01. The van der Waals surface area contributed by atoms with E-state index in [1.54, 1.807) is 27.7 Å². The van der Waals surface area contributed by atoms with Gasteiger partial charge in [0.05, 0.1) is 7.11 Å². The summed E-state index contributed by atoms with van der Waals surface area (Å²) in [5, 5.41) is 0. The molecular weight excluding hydrogens is 168 g/mol. The maximum Gasteiger partial charge on any atom is 0.333 e. The lowest BCUT2D eigenvalue weighted by molar-refractivity contribution is -0.136. The lowest BCUT2D eigenvalue weighted by Gasteiger charge is -2.13. The lowest BCUT2D eigenvalue weighted by Crippen LogP contribution is -2.19. The number of esters is 1. The Balaban J connectivity index is 4.59. The minimum Gasteiger partial charge on any atom is -0.466 e. The molecule has 0 saturated heterocycles. The second-order valence-corrected chi connectivity index (χ2v) is 3.93. The molecule has 13 heavy (non-hydrogen) atoms. The van der Waals surface area contributed by atoms with E-state index in [0.29, 0.717) is 5.57 Å². The Bertz CT molecular complexity index is 243. The van der Waals surface area contributed by atoms with E-state index in [0.717, 1.165) is 0 Å². The minimum absolute atomic E-state index is 0.0737. The van der Waals surface area contributed by atoms with E-state index in [9.17, 15) is 9.59 Å². The number of carbonyl (C=O) groups excluding carboxylic acids is 2. The van der Waals surface area contributed by atoms with Crippen molar-refractivity contribution in [2.45, 2.75) is 27.7 Å². The Morgan fingerprint density at radius 1 is 1.23 bits per heavy atom. The second kappa shape index (κ2) is 4.21. The Morgan fingerprint density at radius 2 is 1.69 bits per heavy atom. The van der Waals surface area contributed by atoms with Crippen LogP contribution in [0.25, 0.3) is 0 Å². The Labute approximate surface area is 78.8 Å². The van der Waals surface area contributed by atoms with E-state index < -0.39 is 11.4 Å². The van der Waals surface area contributed by atoms with Gasteiger partial charge >= 0.3 is 5.97 Å². The van der Waals surface area contributed by atoms with Gasteiger partial charge in [0.2, 0.25) is 0 Å². The van der Waals surface area contributed by atoms with Gasteiger partial charge in [-0.2, -0.15) is 0 Å². The summed E-state index contributed by atoms with van der Waals surface area (Å²) in [6.07, 6.45) is 1.33. The second-order valence-electron chi connectivity index (χ2n) is 3.93. The highest BCUT2D eigenvalue weighted by atomic mass is 16.5. The van der Waals surface area contributed by atoms with Gasteiger partial charge in [0.25, 0.3) is 0 Å². The first-order valence-electron chi connectivity index (χ1n) is 4.10. The van der Waals surface area contributed by atoms with Crippen LogP contribution in [0.1, 0.15) is 27.7 Å². The lowest BCUT2D eigenvalue weighted by atomic mass is 9.90. The molecule has 0 amide bonds. The summed E-state index contributed by atoms with van der Waals surface area (Å²) in [6, 6.07) is 0. The molecule has 3 nitrogen and oxygen atoms in total. The Morgan fingerprint density at radius 3 is 2.00 bits per heavy atom. The molecule has 0 heterocycles. The number of rotatable bonds is 2. The average molecular weight is 184 g/mol. The van der Waals surface area contributed by atoms with E-state index in [1.807, 2.05) is 0 Å². The Hall–Kier alpha value is -1.12. The summed E-state index contributed by atoms with van der Waals surface area (Å²) in [5.41, 5.74) is -0.114. The van der Waals surface area contributed by atoms with Gasteiger partial charge in [-0.25, -0.2) is 4.79 Å². The topological polar surface area (TPSA) is 43.4 Å². The first kappa shape index (κ1) is 11.9. The van der Waals surface area contributed by atoms with Crippen LogP contribution in [0.5, 0.6) is 0 Å². The molecule has 0 aliphatic carbocycles. The summed E-state index contributed by atoms with van der Waals surface area (Å²) < 4.78 is 4.47. The molecule has 0 aliphatic heterocycles. The van der Waals surface area contributed by atoms with Gasteiger partial charge in [-0.3, -0.25) is 4.79 Å². The van der Waals surface area contributed by atoms with Crippen LogP contribution in [0.3, 0.4) is 0 Å². The van der Waals surface area contributed by atoms with Gasteiger partial charge in [-0.1, -0.05) is 20.8 Å². The number of hydrogen-bond donors (Lipinski definition) is 0. The van der Waals surface area contributed by atoms with Crippen LogP contribution in [-0.4, -0.2) is 18.9 Å². The third-order valence-corrected chi connectivity index (χ3v) is 1.59. The smallest absolute Gasteiger partial charge is 0.333 e. The Kier molecular flexibility index (Phi) is 3.85. The van der Waals surface area contributed by atoms with E-state index >= 15 is 0 Å². The molecule has 0 bridgehead atoms. The highest BCUT2D eigenvalue weighted by Crippen LogP contribution is 2.16. The van der Waals surface area contributed by atoms with Gasteiger partial charge in [0.1, 0.15) is 0 Å². The molecule has 0 rings (SSSR count). The van der Waals surface area contributed by atoms with Crippen LogP contribution in [0.15, 0.2) is 11.6 Å². The van der Waals surface area contributed by atoms with Crippen molar-refractivity contribution in [1.82, 2.24) is 0 Å². The maximum absolute atomic E-state index is 11.4. The fourth-order valence-electron chi connectivity index (χ4n) is 0.633. The molecular formula is C10H16O3. The third kappa shape index (κ3) is 3.87. The molecule has 0 aromatic heterocycles. The van der Waals surface area contributed by atoms with E-state index in [-0.39, 0.29) is 5.78 Å². The van der Waals surface area contributed by atoms with Crippen molar-refractivity contribution in [1.29, 1.82) is 0 Å². The fourth-order valence-corrected chi connectivity index (χ4v) is 0.633. The zero-order valence-electron chi connectivity index (χ0n) is 8.80. The number of ketones is 1. The SMILES string of the molecule is COC(=O)/C(C)=C/C(=O)C(C)(C)C. The number of methoxy groups -OCH3 is 1. The third-order valence-electron chi connectivity index (χ3n) is 1.59. The molecule has 0 fully saturated rings. The van der Waals surface area contributed by atoms with Gasteiger partial charge < -0.3 is 4.74 Å². The van der Waals surface area contributed by atoms with Gasteiger partial charge in [-0.15, -0.1) is 0 Å². The molecule has 3 heteroatoms. The van der Waals surface area contributed by atoms with Crippen molar-refractivity contribution >= 4 is 11.8 Å². The summed E-state index contributed by atoms with van der Waals surface area (Å²) >= 11 is 0. The van der Waals surface area contributed by atoms with Crippen LogP contribution < -0.4 is 0 Å². The van der Waals surface area contributed by atoms with Crippen molar-refractivity contribution in [3.63, 3.8) is 0 Å². The number of hydrogen-bond acceptors (Lipinski definition) is 3. The maximum atomic E-state index is 11.4. The summed E-state index contributed by atoms with van der Waals surface area (Å²) in [4.78, 5) is 22.3. The normalized spacial score (nSPS) is 12.5. The molecule has 0 atom stereocenters. The van der Waals surface area contributed by atoms with Crippen LogP contribution in [-0.2, 0) is 14.3 Å². The van der Waals surface area contributed by atoms with Gasteiger partial charge in [-0.05, 0) is 13.0 Å². The van der Waals surface area contributed by atoms with Crippen molar-refractivity contribution in [3.8, 4) is 0 Å². The fraction of sp³-hybridized carbons (Fsp3) is 0.600. The number of ether oxygens (including phenoxy) is 1.